The van der Waals surface area contributed by atoms with Crippen molar-refractivity contribution in [1.29, 1.82) is 5.26 Å². The average Bonchev–Trinajstić information content (AvgIpc) is 2.90. The van der Waals surface area contributed by atoms with Crippen molar-refractivity contribution in [3.63, 3.8) is 0 Å². The number of carbonyl (C=O) groups is 2. The number of hydrogen-bond donors (Lipinski definition) is 3. The second kappa shape index (κ2) is 11.8. The van der Waals surface area contributed by atoms with Crippen molar-refractivity contribution < 1.29 is 9.59 Å². The van der Waals surface area contributed by atoms with Crippen LogP contribution in [0, 0.1) is 18.3 Å². The van der Waals surface area contributed by atoms with Crippen molar-refractivity contribution in [2.24, 2.45) is 0 Å². The SMILES string of the molecule is CC1=C(C(=O)Nc2ccc(Cl)cc2)C(c2ccccc2)C(C#N)=C(SCC(=O)Nc2ccc(C)cc2)N1. The zero-order chi connectivity index (χ0) is 26.4. The standard InChI is InChI=1S/C29H25ClN4O2S/c1-18-8-12-22(13-9-18)33-25(35)17-37-29-24(16-31)27(20-6-4-3-5-7-20)26(19(2)32-29)28(36)34-23-14-10-21(30)11-15-23/h3-15,27,32H,17H2,1-2H3,(H,33,35)(H,34,36). The Labute approximate surface area is 225 Å². The minimum absolute atomic E-state index is 0.0997. The number of benzene rings is 3. The molecule has 0 radical (unpaired) electrons. The summed E-state index contributed by atoms with van der Waals surface area (Å²) in [7, 11) is 0. The first-order chi connectivity index (χ1) is 17.9. The van der Waals surface area contributed by atoms with E-state index in [0.29, 0.717) is 38.3 Å². The number of thioether (sulfide) groups is 1. The van der Waals surface area contributed by atoms with Crippen molar-refractivity contribution in [2.45, 2.75) is 19.8 Å². The highest BCUT2D eigenvalue weighted by Gasteiger charge is 2.34. The molecule has 0 aliphatic carbocycles. The molecule has 3 aromatic rings. The Morgan fingerprint density at radius 2 is 1.57 bits per heavy atom. The lowest BCUT2D eigenvalue weighted by Crippen LogP contribution is -2.31. The van der Waals surface area contributed by atoms with Gasteiger partial charge in [-0.1, -0.05) is 71.4 Å². The number of nitriles is 1. The van der Waals surface area contributed by atoms with Crippen LogP contribution in [0.1, 0.15) is 24.0 Å². The van der Waals surface area contributed by atoms with Crippen molar-refractivity contribution in [3.05, 3.63) is 117 Å². The van der Waals surface area contributed by atoms with Crippen LogP contribution >= 0.6 is 23.4 Å². The molecule has 0 saturated heterocycles. The third-order valence-corrected chi connectivity index (χ3v) is 7.08. The normalized spacial score (nSPS) is 15.0. The van der Waals surface area contributed by atoms with Crippen LogP contribution < -0.4 is 16.0 Å². The smallest absolute Gasteiger partial charge is 0.254 e. The number of nitrogens with one attached hydrogen (secondary N) is 3. The van der Waals surface area contributed by atoms with E-state index in [0.717, 1.165) is 11.1 Å². The fourth-order valence-corrected chi connectivity index (χ4v) is 5.03. The predicted molar refractivity (Wildman–Crippen MR) is 150 cm³/mol. The molecule has 0 spiro atoms. The molecule has 1 aliphatic heterocycles. The number of carbonyl (C=O) groups excluding carboxylic acids is 2. The van der Waals surface area contributed by atoms with Crippen molar-refractivity contribution in [3.8, 4) is 6.07 Å². The molecule has 1 heterocycles. The van der Waals surface area contributed by atoms with Crippen molar-refractivity contribution >= 4 is 46.6 Å². The number of allylic oxidation sites excluding steroid dienone is 2. The molecule has 1 atom stereocenters. The number of amides is 2. The van der Waals surface area contributed by atoms with Crippen LogP contribution in [-0.4, -0.2) is 17.6 Å². The first-order valence-corrected chi connectivity index (χ1v) is 13.0. The summed E-state index contributed by atoms with van der Waals surface area (Å²) in [6.45, 7) is 3.78. The molecular weight excluding hydrogens is 504 g/mol. The Bertz CT molecular complexity index is 1410. The molecule has 1 unspecified atom stereocenters. The Balaban J connectivity index is 1.60. The second-order valence-corrected chi connectivity index (χ2v) is 9.95. The summed E-state index contributed by atoms with van der Waals surface area (Å²) in [5, 5.41) is 20.3. The number of dihydropyridines is 1. The topological polar surface area (TPSA) is 94.0 Å². The maximum Gasteiger partial charge on any atom is 0.254 e. The fraction of sp³-hybridized carbons (Fsp3) is 0.138. The van der Waals surface area contributed by atoms with Gasteiger partial charge in [-0.3, -0.25) is 9.59 Å². The van der Waals surface area contributed by atoms with E-state index >= 15 is 0 Å². The number of aryl methyl sites for hydroxylation is 1. The fourth-order valence-electron chi connectivity index (χ4n) is 4.01. The summed E-state index contributed by atoms with van der Waals surface area (Å²) in [5.41, 5.74) is 4.65. The number of anilines is 2. The summed E-state index contributed by atoms with van der Waals surface area (Å²) >= 11 is 7.21. The maximum atomic E-state index is 13.5. The molecule has 186 valence electrons. The maximum absolute atomic E-state index is 13.5. The van der Waals surface area contributed by atoms with E-state index in [1.807, 2.05) is 61.5 Å². The molecule has 0 saturated carbocycles. The first-order valence-electron chi connectivity index (χ1n) is 11.6. The molecule has 1 aliphatic rings. The lowest BCUT2D eigenvalue weighted by Gasteiger charge is -2.30. The number of hydrogen-bond acceptors (Lipinski definition) is 5. The highest BCUT2D eigenvalue weighted by Crippen LogP contribution is 2.41. The number of rotatable bonds is 7. The quantitative estimate of drug-likeness (QED) is 0.332. The van der Waals surface area contributed by atoms with Crippen molar-refractivity contribution in [2.75, 3.05) is 16.4 Å². The van der Waals surface area contributed by atoms with E-state index in [1.165, 1.54) is 11.8 Å². The Morgan fingerprint density at radius 1 is 0.946 bits per heavy atom. The monoisotopic (exact) mass is 528 g/mol. The highest BCUT2D eigenvalue weighted by molar-refractivity contribution is 8.03. The first kappa shape index (κ1) is 26.1. The van der Waals surface area contributed by atoms with E-state index < -0.39 is 5.92 Å². The minimum Gasteiger partial charge on any atom is -0.353 e. The average molecular weight is 529 g/mol. The third kappa shape index (κ3) is 6.42. The van der Waals surface area contributed by atoms with Crippen LogP contribution in [0.3, 0.4) is 0 Å². The van der Waals surface area contributed by atoms with Gasteiger partial charge in [0.15, 0.2) is 0 Å². The summed E-state index contributed by atoms with van der Waals surface area (Å²) < 4.78 is 0. The van der Waals surface area contributed by atoms with Gasteiger partial charge < -0.3 is 16.0 Å². The zero-order valence-electron chi connectivity index (χ0n) is 20.3. The Morgan fingerprint density at radius 3 is 2.22 bits per heavy atom. The van der Waals surface area contributed by atoms with E-state index in [1.54, 1.807) is 31.2 Å². The Kier molecular flexibility index (Phi) is 8.34. The van der Waals surface area contributed by atoms with Gasteiger partial charge in [-0.15, -0.1) is 0 Å². The molecular formula is C29H25ClN4O2S. The van der Waals surface area contributed by atoms with Gasteiger partial charge in [0, 0.05) is 27.7 Å². The molecule has 8 heteroatoms. The Hall–Kier alpha value is -3.99. The van der Waals surface area contributed by atoms with Gasteiger partial charge in [-0.2, -0.15) is 5.26 Å². The summed E-state index contributed by atoms with van der Waals surface area (Å²) in [4.78, 5) is 26.1. The summed E-state index contributed by atoms with van der Waals surface area (Å²) in [6, 6.07) is 26.1. The molecule has 37 heavy (non-hydrogen) atoms. The van der Waals surface area contributed by atoms with Gasteiger partial charge >= 0.3 is 0 Å². The van der Waals surface area contributed by atoms with Crippen molar-refractivity contribution in [1.82, 2.24) is 5.32 Å². The van der Waals surface area contributed by atoms with E-state index in [-0.39, 0.29) is 17.6 Å². The lowest BCUT2D eigenvalue weighted by atomic mass is 9.82. The molecule has 2 amide bonds. The van der Waals surface area contributed by atoms with Gasteiger partial charge in [0.25, 0.3) is 5.91 Å². The van der Waals surface area contributed by atoms with Crippen LogP contribution in [0.2, 0.25) is 5.02 Å². The van der Waals surface area contributed by atoms with E-state index in [9.17, 15) is 14.9 Å². The summed E-state index contributed by atoms with van der Waals surface area (Å²) in [6.07, 6.45) is 0. The van der Waals surface area contributed by atoms with E-state index in [2.05, 4.69) is 22.0 Å². The van der Waals surface area contributed by atoms with Crippen LogP contribution in [-0.2, 0) is 9.59 Å². The van der Waals surface area contributed by atoms with Crippen LogP contribution in [0.25, 0.3) is 0 Å². The molecule has 3 N–H and O–H groups in total. The molecule has 4 rings (SSSR count). The van der Waals surface area contributed by atoms with Gasteiger partial charge in [0.1, 0.15) is 0 Å². The second-order valence-electron chi connectivity index (χ2n) is 8.53. The van der Waals surface area contributed by atoms with E-state index in [4.69, 9.17) is 11.6 Å². The van der Waals surface area contributed by atoms with Crippen LogP contribution in [0.4, 0.5) is 11.4 Å². The summed E-state index contributed by atoms with van der Waals surface area (Å²) in [5.74, 6) is -1.01. The highest BCUT2D eigenvalue weighted by atomic mass is 35.5. The predicted octanol–water partition coefficient (Wildman–Crippen LogP) is 6.36. The van der Waals surface area contributed by atoms with Crippen LogP contribution in [0.5, 0.6) is 0 Å². The molecule has 0 fully saturated rings. The van der Waals surface area contributed by atoms with Gasteiger partial charge in [0.05, 0.1) is 28.3 Å². The number of nitrogens with zero attached hydrogens (tertiary/aromatic N) is 1. The van der Waals surface area contributed by atoms with Gasteiger partial charge in [-0.25, -0.2) is 0 Å². The molecule has 3 aromatic carbocycles. The van der Waals surface area contributed by atoms with Gasteiger partial charge in [0.2, 0.25) is 5.91 Å². The minimum atomic E-state index is -0.595. The third-order valence-electron chi connectivity index (χ3n) is 5.81. The molecule has 0 aromatic heterocycles. The zero-order valence-corrected chi connectivity index (χ0v) is 21.9. The van der Waals surface area contributed by atoms with Gasteiger partial charge in [-0.05, 0) is 55.8 Å². The molecule has 6 nitrogen and oxygen atoms in total. The molecule has 0 bridgehead atoms. The van der Waals surface area contributed by atoms with Crippen LogP contribution in [0.15, 0.2) is 101 Å². The number of halogens is 1. The lowest BCUT2D eigenvalue weighted by molar-refractivity contribution is -0.114. The largest absolute Gasteiger partial charge is 0.353 e.